The minimum absolute atomic E-state index is 0.361. The van der Waals surface area contributed by atoms with Crippen molar-refractivity contribution in [1.29, 1.82) is 0 Å². The van der Waals surface area contributed by atoms with E-state index in [1.165, 1.54) is 12.0 Å². The van der Waals surface area contributed by atoms with Crippen LogP contribution in [0.3, 0.4) is 0 Å². The molecule has 1 aromatic heterocycles. The number of aromatic nitrogens is 1. The summed E-state index contributed by atoms with van der Waals surface area (Å²) in [5.74, 6) is 0. The first-order valence-corrected chi connectivity index (χ1v) is 7.69. The largest absolute Gasteiger partial charge is 0.310 e. The first kappa shape index (κ1) is 14.2. The molecule has 0 fully saturated rings. The quantitative estimate of drug-likeness (QED) is 0.847. The Morgan fingerprint density at radius 1 is 1.21 bits per heavy atom. The van der Waals surface area contributed by atoms with E-state index in [-0.39, 0.29) is 0 Å². The highest BCUT2D eigenvalue weighted by Gasteiger charge is 2.14. The fraction of sp³-hybridized carbons (Fsp3) is 0.438. The van der Waals surface area contributed by atoms with Crippen LogP contribution < -0.4 is 5.32 Å². The standard InChI is InChI=1S/C16H22N2S/c1-4-16(2,3)12-17-10-15-18-14(11-19-15)13-8-6-5-7-9-13/h5-9,11,17H,4,10,12H2,1-3H3. The Morgan fingerprint density at radius 3 is 2.63 bits per heavy atom. The second kappa shape index (κ2) is 6.31. The van der Waals surface area contributed by atoms with Crippen molar-refractivity contribution >= 4 is 11.3 Å². The molecule has 1 N–H and O–H groups in total. The van der Waals surface area contributed by atoms with Gasteiger partial charge < -0.3 is 5.32 Å². The van der Waals surface area contributed by atoms with E-state index in [1.54, 1.807) is 11.3 Å². The molecule has 0 saturated heterocycles. The fourth-order valence-electron chi connectivity index (χ4n) is 1.77. The van der Waals surface area contributed by atoms with Gasteiger partial charge in [-0.25, -0.2) is 4.98 Å². The van der Waals surface area contributed by atoms with Crippen molar-refractivity contribution in [3.63, 3.8) is 0 Å². The highest BCUT2D eigenvalue weighted by atomic mass is 32.1. The molecule has 0 atom stereocenters. The molecule has 1 aromatic carbocycles. The lowest BCUT2D eigenvalue weighted by Crippen LogP contribution is -2.28. The monoisotopic (exact) mass is 274 g/mol. The maximum absolute atomic E-state index is 4.68. The number of nitrogens with zero attached hydrogens (tertiary/aromatic N) is 1. The second-order valence-electron chi connectivity index (χ2n) is 5.61. The molecular formula is C16H22N2S. The summed E-state index contributed by atoms with van der Waals surface area (Å²) in [5.41, 5.74) is 2.63. The third-order valence-corrected chi connectivity index (χ3v) is 4.31. The van der Waals surface area contributed by atoms with Gasteiger partial charge in [0.15, 0.2) is 0 Å². The first-order valence-electron chi connectivity index (χ1n) is 6.81. The van der Waals surface area contributed by atoms with E-state index in [0.717, 1.165) is 23.8 Å². The first-order chi connectivity index (χ1) is 9.11. The molecule has 2 nitrogen and oxygen atoms in total. The summed E-state index contributed by atoms with van der Waals surface area (Å²) >= 11 is 1.73. The average Bonchev–Trinajstić information content (AvgIpc) is 2.88. The van der Waals surface area contributed by atoms with Gasteiger partial charge in [0.25, 0.3) is 0 Å². The fourth-order valence-corrected chi connectivity index (χ4v) is 2.54. The summed E-state index contributed by atoms with van der Waals surface area (Å²) in [5, 5.41) is 6.80. The van der Waals surface area contributed by atoms with Crippen molar-refractivity contribution in [2.45, 2.75) is 33.7 Å². The molecule has 1 heterocycles. The summed E-state index contributed by atoms with van der Waals surface area (Å²) < 4.78 is 0. The summed E-state index contributed by atoms with van der Waals surface area (Å²) in [7, 11) is 0. The molecule has 19 heavy (non-hydrogen) atoms. The van der Waals surface area contributed by atoms with E-state index in [1.807, 2.05) is 6.07 Å². The number of nitrogens with one attached hydrogen (secondary N) is 1. The Morgan fingerprint density at radius 2 is 1.95 bits per heavy atom. The van der Waals surface area contributed by atoms with E-state index < -0.39 is 0 Å². The molecule has 0 aliphatic carbocycles. The summed E-state index contributed by atoms with van der Waals surface area (Å²) in [6.07, 6.45) is 1.19. The van der Waals surface area contributed by atoms with E-state index in [2.05, 4.69) is 60.7 Å². The molecule has 0 bridgehead atoms. The molecule has 0 saturated carbocycles. The van der Waals surface area contributed by atoms with Crippen LogP contribution in [0.2, 0.25) is 0 Å². The normalized spacial score (nSPS) is 11.7. The number of thiazole rings is 1. The lowest BCUT2D eigenvalue weighted by molar-refractivity contribution is 0.327. The Balaban J connectivity index is 1.92. The second-order valence-corrected chi connectivity index (χ2v) is 6.56. The molecule has 0 radical (unpaired) electrons. The Bertz CT molecular complexity index is 502. The van der Waals surface area contributed by atoms with Crippen LogP contribution in [-0.2, 0) is 6.54 Å². The van der Waals surface area contributed by atoms with Crippen molar-refractivity contribution in [3.8, 4) is 11.3 Å². The van der Waals surface area contributed by atoms with Gasteiger partial charge in [-0.2, -0.15) is 0 Å². The van der Waals surface area contributed by atoms with Gasteiger partial charge >= 0.3 is 0 Å². The predicted molar refractivity (Wildman–Crippen MR) is 83.3 cm³/mol. The summed E-state index contributed by atoms with van der Waals surface area (Å²) in [4.78, 5) is 4.68. The zero-order chi connectivity index (χ0) is 13.7. The number of benzene rings is 1. The molecule has 102 valence electrons. The molecule has 0 amide bonds. The molecule has 3 heteroatoms. The van der Waals surface area contributed by atoms with Crippen LogP contribution in [0.25, 0.3) is 11.3 Å². The van der Waals surface area contributed by atoms with Crippen LogP contribution in [-0.4, -0.2) is 11.5 Å². The van der Waals surface area contributed by atoms with Gasteiger partial charge in [0.1, 0.15) is 5.01 Å². The van der Waals surface area contributed by atoms with Crippen molar-refractivity contribution in [2.24, 2.45) is 5.41 Å². The molecule has 0 aliphatic heterocycles. The summed E-state index contributed by atoms with van der Waals surface area (Å²) in [6.45, 7) is 8.71. The number of hydrogen-bond donors (Lipinski definition) is 1. The highest BCUT2D eigenvalue weighted by Crippen LogP contribution is 2.22. The van der Waals surface area contributed by atoms with Crippen molar-refractivity contribution in [2.75, 3.05) is 6.54 Å². The van der Waals surface area contributed by atoms with Crippen LogP contribution in [0.15, 0.2) is 35.7 Å². The van der Waals surface area contributed by atoms with Crippen molar-refractivity contribution in [3.05, 3.63) is 40.7 Å². The van der Waals surface area contributed by atoms with Crippen LogP contribution in [0.1, 0.15) is 32.2 Å². The Hall–Kier alpha value is -1.19. The molecule has 0 spiro atoms. The molecule has 0 unspecified atom stereocenters. The zero-order valence-corrected chi connectivity index (χ0v) is 12.8. The van der Waals surface area contributed by atoms with Crippen molar-refractivity contribution in [1.82, 2.24) is 10.3 Å². The van der Waals surface area contributed by atoms with E-state index in [0.29, 0.717) is 5.41 Å². The van der Waals surface area contributed by atoms with Crippen molar-refractivity contribution < 1.29 is 0 Å². The molecular weight excluding hydrogens is 252 g/mol. The van der Waals surface area contributed by atoms with Gasteiger partial charge in [0, 0.05) is 24.0 Å². The molecule has 2 rings (SSSR count). The molecule has 0 aliphatic rings. The van der Waals surface area contributed by atoms with Crippen LogP contribution in [0, 0.1) is 5.41 Å². The van der Waals surface area contributed by atoms with Gasteiger partial charge in [0.2, 0.25) is 0 Å². The maximum atomic E-state index is 4.68. The number of hydrogen-bond acceptors (Lipinski definition) is 3. The predicted octanol–water partition coefficient (Wildman–Crippen LogP) is 4.34. The lowest BCUT2D eigenvalue weighted by Gasteiger charge is -2.22. The van der Waals surface area contributed by atoms with Crippen LogP contribution in [0.4, 0.5) is 0 Å². The van der Waals surface area contributed by atoms with Gasteiger partial charge in [-0.1, -0.05) is 51.1 Å². The Labute approximate surface area is 119 Å². The van der Waals surface area contributed by atoms with E-state index in [4.69, 9.17) is 0 Å². The maximum Gasteiger partial charge on any atom is 0.107 e. The Kier molecular flexibility index (Phi) is 4.72. The van der Waals surface area contributed by atoms with E-state index >= 15 is 0 Å². The SMILES string of the molecule is CCC(C)(C)CNCc1nc(-c2ccccc2)cs1. The van der Waals surface area contributed by atoms with Crippen LogP contribution >= 0.6 is 11.3 Å². The summed E-state index contributed by atoms with van der Waals surface area (Å²) in [6, 6.07) is 10.3. The smallest absolute Gasteiger partial charge is 0.107 e. The highest BCUT2D eigenvalue weighted by molar-refractivity contribution is 7.09. The third-order valence-electron chi connectivity index (χ3n) is 3.46. The topological polar surface area (TPSA) is 24.9 Å². The van der Waals surface area contributed by atoms with Gasteiger partial charge in [-0.3, -0.25) is 0 Å². The third kappa shape index (κ3) is 4.15. The molecule has 2 aromatic rings. The van der Waals surface area contributed by atoms with Gasteiger partial charge in [-0.15, -0.1) is 11.3 Å². The zero-order valence-electron chi connectivity index (χ0n) is 11.9. The van der Waals surface area contributed by atoms with E-state index in [9.17, 15) is 0 Å². The average molecular weight is 274 g/mol. The van der Waals surface area contributed by atoms with Gasteiger partial charge in [0.05, 0.1) is 5.69 Å². The van der Waals surface area contributed by atoms with Crippen LogP contribution in [0.5, 0.6) is 0 Å². The minimum Gasteiger partial charge on any atom is -0.310 e. The minimum atomic E-state index is 0.361. The number of rotatable bonds is 6. The lowest BCUT2D eigenvalue weighted by atomic mass is 9.90. The van der Waals surface area contributed by atoms with Gasteiger partial charge in [-0.05, 0) is 11.8 Å².